The lowest BCUT2D eigenvalue weighted by Crippen LogP contribution is -2.55. The predicted molar refractivity (Wildman–Crippen MR) is 67.1 cm³/mol. The molecule has 1 aliphatic rings. The highest BCUT2D eigenvalue weighted by Crippen LogP contribution is 2.23. The molecule has 2 rings (SSSR count). The predicted octanol–water partition coefficient (Wildman–Crippen LogP) is 1.34. The first-order chi connectivity index (χ1) is 8.44. The van der Waals surface area contributed by atoms with Crippen LogP contribution in [0.1, 0.15) is 26.5 Å². The van der Waals surface area contributed by atoms with Crippen molar-refractivity contribution in [2.24, 2.45) is 0 Å². The van der Waals surface area contributed by atoms with Gasteiger partial charge in [0.05, 0.1) is 11.5 Å². The molecule has 1 aliphatic heterocycles. The maximum Gasteiger partial charge on any atom is 0.331 e. The van der Waals surface area contributed by atoms with Gasteiger partial charge in [0.15, 0.2) is 5.54 Å². The molecule has 1 aromatic rings. The first-order valence-electron chi connectivity index (χ1n) is 5.65. The maximum absolute atomic E-state index is 12.1. The van der Waals surface area contributed by atoms with Gasteiger partial charge in [0.1, 0.15) is 0 Å². The Labute approximate surface area is 109 Å². The van der Waals surface area contributed by atoms with Crippen molar-refractivity contribution < 1.29 is 19.4 Å². The van der Waals surface area contributed by atoms with Gasteiger partial charge < -0.3 is 15.2 Å². The average Bonchev–Trinajstić information content (AvgIpc) is 2.88. The van der Waals surface area contributed by atoms with Crippen molar-refractivity contribution in [1.82, 2.24) is 5.32 Å². The Balaban J connectivity index is 2.17. The smallest absolute Gasteiger partial charge is 0.331 e. The molecule has 0 radical (unpaired) electrons. The summed E-state index contributed by atoms with van der Waals surface area (Å²) in [6.07, 6.45) is 0.303. The molecule has 1 aromatic heterocycles. The lowest BCUT2D eigenvalue weighted by Gasteiger charge is -2.23. The highest BCUT2D eigenvalue weighted by molar-refractivity contribution is 7.14. The van der Waals surface area contributed by atoms with E-state index in [0.29, 0.717) is 17.9 Å². The van der Waals surface area contributed by atoms with Gasteiger partial charge in [-0.15, -0.1) is 11.3 Å². The second kappa shape index (κ2) is 4.70. The zero-order valence-corrected chi connectivity index (χ0v) is 11.1. The zero-order chi connectivity index (χ0) is 13.3. The largest absolute Gasteiger partial charge is 0.479 e. The molecule has 0 saturated carbocycles. The number of carbonyl (C=O) groups is 2. The van der Waals surface area contributed by atoms with Crippen LogP contribution in [0.5, 0.6) is 0 Å². The van der Waals surface area contributed by atoms with Crippen molar-refractivity contribution in [3.8, 4) is 0 Å². The summed E-state index contributed by atoms with van der Waals surface area (Å²) in [5.41, 5.74) is -0.236. The molecule has 98 valence electrons. The summed E-state index contributed by atoms with van der Waals surface area (Å²) >= 11 is 1.37. The first kappa shape index (κ1) is 13.0. The number of rotatable bonds is 3. The van der Waals surface area contributed by atoms with Crippen LogP contribution in [0, 0.1) is 13.8 Å². The van der Waals surface area contributed by atoms with Crippen LogP contribution in [0.2, 0.25) is 0 Å². The van der Waals surface area contributed by atoms with Crippen LogP contribution in [0.25, 0.3) is 0 Å². The van der Waals surface area contributed by atoms with E-state index in [9.17, 15) is 14.7 Å². The van der Waals surface area contributed by atoms with E-state index in [-0.39, 0.29) is 12.5 Å². The fraction of sp³-hybridized carbons (Fsp3) is 0.500. The molecule has 0 spiro atoms. The molecule has 5 nitrogen and oxygen atoms in total. The Bertz CT molecular complexity index is 469. The Morgan fingerprint density at radius 2 is 2.22 bits per heavy atom. The summed E-state index contributed by atoms with van der Waals surface area (Å²) in [5.74, 6) is -1.39. The summed E-state index contributed by atoms with van der Waals surface area (Å²) in [7, 11) is 0. The molecule has 2 N–H and O–H groups in total. The highest BCUT2D eigenvalue weighted by Gasteiger charge is 2.44. The summed E-state index contributed by atoms with van der Waals surface area (Å²) < 4.78 is 5.10. The molecular formula is C12H15NO4S. The number of aliphatic carboxylic acids is 1. The molecule has 0 aromatic carbocycles. The number of nitrogens with one attached hydrogen (secondary N) is 1. The molecule has 2 heterocycles. The van der Waals surface area contributed by atoms with Gasteiger partial charge in [0.2, 0.25) is 0 Å². The molecule has 6 heteroatoms. The summed E-state index contributed by atoms with van der Waals surface area (Å²) in [5, 5.41) is 11.8. The molecule has 0 aliphatic carbocycles. The van der Waals surface area contributed by atoms with Gasteiger partial charge in [-0.25, -0.2) is 4.79 Å². The van der Waals surface area contributed by atoms with Gasteiger partial charge >= 0.3 is 5.97 Å². The molecular weight excluding hydrogens is 254 g/mol. The summed E-state index contributed by atoms with van der Waals surface area (Å²) in [6, 6.07) is 1.78. The van der Waals surface area contributed by atoms with Crippen LogP contribution in [-0.4, -0.2) is 35.7 Å². The number of carboxylic acid groups (broad SMARTS) is 1. The fourth-order valence-electron chi connectivity index (χ4n) is 1.85. The van der Waals surface area contributed by atoms with Crippen molar-refractivity contribution in [3.05, 3.63) is 21.4 Å². The van der Waals surface area contributed by atoms with Crippen molar-refractivity contribution in [2.45, 2.75) is 25.8 Å². The van der Waals surface area contributed by atoms with Gasteiger partial charge in [0, 0.05) is 17.9 Å². The van der Waals surface area contributed by atoms with Crippen molar-refractivity contribution in [3.63, 3.8) is 0 Å². The van der Waals surface area contributed by atoms with E-state index in [2.05, 4.69) is 5.32 Å². The molecule has 1 amide bonds. The standard InChI is InChI=1S/C12H15NO4S/c1-7-5-9(18-8(7)2)10(14)13-12(11(15)16)3-4-17-6-12/h5H,3-4,6H2,1-2H3,(H,13,14)(H,15,16). The summed E-state index contributed by atoms with van der Waals surface area (Å²) in [6.45, 7) is 4.24. The quantitative estimate of drug-likeness (QED) is 0.868. The first-order valence-corrected chi connectivity index (χ1v) is 6.47. The number of amides is 1. The van der Waals surface area contributed by atoms with Crippen molar-refractivity contribution >= 4 is 23.2 Å². The second-order valence-corrected chi connectivity index (χ2v) is 5.75. The molecule has 1 atom stereocenters. The van der Waals surface area contributed by atoms with Crippen LogP contribution in [0.15, 0.2) is 6.07 Å². The SMILES string of the molecule is Cc1cc(C(=O)NC2(C(=O)O)CCOC2)sc1C. The number of carboxylic acids is 1. The van der Waals surface area contributed by atoms with Gasteiger partial charge in [-0.1, -0.05) is 0 Å². The van der Waals surface area contributed by atoms with Crippen LogP contribution in [0.3, 0.4) is 0 Å². The van der Waals surface area contributed by atoms with E-state index in [0.717, 1.165) is 10.4 Å². The number of thiophene rings is 1. The van der Waals surface area contributed by atoms with Gasteiger partial charge in [-0.05, 0) is 25.5 Å². The minimum Gasteiger partial charge on any atom is -0.479 e. The van der Waals surface area contributed by atoms with E-state index < -0.39 is 11.5 Å². The minimum atomic E-state index is -1.27. The number of hydrogen-bond donors (Lipinski definition) is 2. The van der Waals surface area contributed by atoms with E-state index in [1.807, 2.05) is 13.8 Å². The molecule has 0 bridgehead atoms. The minimum absolute atomic E-state index is 0.0252. The molecule has 18 heavy (non-hydrogen) atoms. The Morgan fingerprint density at radius 1 is 1.50 bits per heavy atom. The Hall–Kier alpha value is -1.40. The van der Waals surface area contributed by atoms with E-state index in [1.54, 1.807) is 6.07 Å². The van der Waals surface area contributed by atoms with Gasteiger partial charge in [-0.2, -0.15) is 0 Å². The van der Waals surface area contributed by atoms with Crippen LogP contribution < -0.4 is 5.32 Å². The van der Waals surface area contributed by atoms with Gasteiger partial charge in [0.25, 0.3) is 5.91 Å². The Kier molecular flexibility index (Phi) is 3.41. The third-order valence-corrected chi connectivity index (χ3v) is 4.32. The van der Waals surface area contributed by atoms with Gasteiger partial charge in [-0.3, -0.25) is 4.79 Å². The Morgan fingerprint density at radius 3 is 2.67 bits per heavy atom. The van der Waals surface area contributed by atoms with E-state index in [4.69, 9.17) is 4.74 Å². The fourth-order valence-corrected chi connectivity index (χ4v) is 2.78. The summed E-state index contributed by atoms with van der Waals surface area (Å²) in [4.78, 5) is 24.9. The normalized spacial score (nSPS) is 23.0. The lowest BCUT2D eigenvalue weighted by atomic mass is 9.99. The van der Waals surface area contributed by atoms with Crippen LogP contribution in [-0.2, 0) is 9.53 Å². The van der Waals surface area contributed by atoms with Crippen LogP contribution >= 0.6 is 11.3 Å². The van der Waals surface area contributed by atoms with Crippen molar-refractivity contribution in [2.75, 3.05) is 13.2 Å². The van der Waals surface area contributed by atoms with Crippen molar-refractivity contribution in [1.29, 1.82) is 0 Å². The number of aryl methyl sites for hydroxylation is 2. The topological polar surface area (TPSA) is 75.6 Å². The number of carbonyl (C=O) groups excluding carboxylic acids is 1. The average molecular weight is 269 g/mol. The van der Waals surface area contributed by atoms with Crippen LogP contribution in [0.4, 0.5) is 0 Å². The highest BCUT2D eigenvalue weighted by atomic mass is 32.1. The number of hydrogen-bond acceptors (Lipinski definition) is 4. The lowest BCUT2D eigenvalue weighted by molar-refractivity contribution is -0.144. The third-order valence-electron chi connectivity index (χ3n) is 3.17. The molecule has 1 fully saturated rings. The molecule has 1 unspecified atom stereocenters. The third kappa shape index (κ3) is 2.26. The van der Waals surface area contributed by atoms with E-state index in [1.165, 1.54) is 11.3 Å². The molecule has 1 saturated heterocycles. The second-order valence-electron chi connectivity index (χ2n) is 4.49. The maximum atomic E-state index is 12.1. The van der Waals surface area contributed by atoms with E-state index >= 15 is 0 Å². The zero-order valence-electron chi connectivity index (χ0n) is 10.3. The number of ether oxygens (including phenoxy) is 1. The monoisotopic (exact) mass is 269 g/mol.